The molecule has 8 nitrogen and oxygen atoms in total. The largest absolute Gasteiger partial charge is 0.496 e. The number of urea groups is 1. The summed E-state index contributed by atoms with van der Waals surface area (Å²) < 4.78 is 7.20. The first-order valence-corrected chi connectivity index (χ1v) is 9.71. The number of aromatic nitrogens is 2. The van der Waals surface area contributed by atoms with E-state index in [1.54, 1.807) is 30.1 Å². The van der Waals surface area contributed by atoms with Gasteiger partial charge in [-0.05, 0) is 44.2 Å². The van der Waals surface area contributed by atoms with Crippen molar-refractivity contribution in [3.8, 4) is 5.75 Å². The summed E-state index contributed by atoms with van der Waals surface area (Å²) in [6, 6.07) is 12.5. The fourth-order valence-electron chi connectivity index (χ4n) is 3.14. The van der Waals surface area contributed by atoms with Gasteiger partial charge in [-0.15, -0.1) is 0 Å². The first kappa shape index (κ1) is 21.2. The summed E-state index contributed by atoms with van der Waals surface area (Å²) in [4.78, 5) is 31.1. The van der Waals surface area contributed by atoms with Gasteiger partial charge in [0.1, 0.15) is 11.6 Å². The van der Waals surface area contributed by atoms with Gasteiger partial charge in [0.2, 0.25) is 0 Å². The molecule has 2 aromatic carbocycles. The summed E-state index contributed by atoms with van der Waals surface area (Å²) in [7, 11) is 5.17. The molecule has 0 atom stereocenters. The number of ether oxygens (including phenoxy) is 1. The number of rotatable bonds is 6. The molecule has 2 N–H and O–H groups in total. The fraction of sp³-hybridized carbons (Fsp3) is 0.318. The molecule has 3 rings (SSSR count). The van der Waals surface area contributed by atoms with Crippen molar-refractivity contribution in [2.24, 2.45) is 7.05 Å². The van der Waals surface area contributed by atoms with E-state index in [2.05, 4.69) is 15.6 Å². The molecule has 30 heavy (non-hydrogen) atoms. The van der Waals surface area contributed by atoms with Crippen LogP contribution in [-0.2, 0) is 13.6 Å². The topological polar surface area (TPSA) is 88.5 Å². The van der Waals surface area contributed by atoms with E-state index in [0.29, 0.717) is 23.5 Å². The van der Waals surface area contributed by atoms with Crippen LogP contribution >= 0.6 is 0 Å². The van der Waals surface area contributed by atoms with Crippen molar-refractivity contribution in [2.45, 2.75) is 26.4 Å². The van der Waals surface area contributed by atoms with E-state index >= 15 is 0 Å². The fourth-order valence-corrected chi connectivity index (χ4v) is 3.14. The zero-order valence-corrected chi connectivity index (χ0v) is 17.9. The second-order valence-electron chi connectivity index (χ2n) is 7.41. The second-order valence-corrected chi connectivity index (χ2v) is 7.41. The van der Waals surface area contributed by atoms with Crippen LogP contribution in [0.5, 0.6) is 5.75 Å². The molecule has 0 fully saturated rings. The zero-order valence-electron chi connectivity index (χ0n) is 17.9. The predicted octanol–water partition coefficient (Wildman–Crippen LogP) is 3.38. The Kier molecular flexibility index (Phi) is 6.25. The molecular weight excluding hydrogens is 382 g/mol. The molecule has 3 aromatic rings. The lowest BCUT2D eigenvalue weighted by atomic mass is 10.2. The minimum absolute atomic E-state index is 0.0646. The Hall–Kier alpha value is -3.55. The molecular formula is C22H27N5O3. The van der Waals surface area contributed by atoms with Crippen LogP contribution in [0.15, 0.2) is 42.5 Å². The Morgan fingerprint density at radius 3 is 2.63 bits per heavy atom. The van der Waals surface area contributed by atoms with Crippen LogP contribution in [-0.4, -0.2) is 46.6 Å². The van der Waals surface area contributed by atoms with Gasteiger partial charge >= 0.3 is 6.03 Å². The molecule has 1 aromatic heterocycles. The van der Waals surface area contributed by atoms with Gasteiger partial charge in [0.05, 0.1) is 30.3 Å². The van der Waals surface area contributed by atoms with E-state index in [9.17, 15) is 9.59 Å². The number of hydrogen-bond donors (Lipinski definition) is 2. The van der Waals surface area contributed by atoms with Crippen molar-refractivity contribution in [1.29, 1.82) is 0 Å². The van der Waals surface area contributed by atoms with Gasteiger partial charge in [-0.25, -0.2) is 9.78 Å². The van der Waals surface area contributed by atoms with E-state index < -0.39 is 0 Å². The summed E-state index contributed by atoms with van der Waals surface area (Å²) >= 11 is 0. The number of benzene rings is 2. The third kappa shape index (κ3) is 4.53. The lowest BCUT2D eigenvalue weighted by Crippen LogP contribution is -2.40. The molecule has 0 aliphatic heterocycles. The first-order chi connectivity index (χ1) is 14.3. The number of anilines is 1. The van der Waals surface area contributed by atoms with Crippen molar-refractivity contribution in [2.75, 3.05) is 19.5 Å². The van der Waals surface area contributed by atoms with E-state index in [4.69, 9.17) is 4.74 Å². The highest BCUT2D eigenvalue weighted by atomic mass is 16.5. The summed E-state index contributed by atoms with van der Waals surface area (Å²) in [6.07, 6.45) is 0. The highest BCUT2D eigenvalue weighted by molar-refractivity contribution is 6.06. The van der Waals surface area contributed by atoms with Crippen LogP contribution < -0.4 is 15.4 Å². The number of nitrogens with one attached hydrogen (secondary N) is 2. The van der Waals surface area contributed by atoms with Crippen LogP contribution in [0.25, 0.3) is 11.0 Å². The molecule has 0 spiro atoms. The lowest BCUT2D eigenvalue weighted by molar-refractivity contribution is 0.102. The molecule has 0 saturated heterocycles. The minimum Gasteiger partial charge on any atom is -0.496 e. The monoisotopic (exact) mass is 409 g/mol. The molecule has 0 aliphatic carbocycles. The molecule has 0 bridgehead atoms. The molecule has 0 aliphatic rings. The zero-order chi connectivity index (χ0) is 21.8. The predicted molar refractivity (Wildman–Crippen MR) is 117 cm³/mol. The molecule has 8 heteroatoms. The highest BCUT2D eigenvalue weighted by Crippen LogP contribution is 2.23. The second kappa shape index (κ2) is 8.86. The Balaban J connectivity index is 1.80. The average Bonchev–Trinajstić information content (AvgIpc) is 3.02. The third-order valence-corrected chi connectivity index (χ3v) is 4.72. The Morgan fingerprint density at radius 1 is 1.20 bits per heavy atom. The Morgan fingerprint density at radius 2 is 1.93 bits per heavy atom. The maximum absolute atomic E-state index is 12.6. The SMILES string of the molecule is COc1ccccc1C(=O)Nc1ccc2c(c1)nc(CN(C)C(=O)NC(C)C)n2C. The summed E-state index contributed by atoms with van der Waals surface area (Å²) in [5.41, 5.74) is 2.74. The molecule has 0 saturated carbocycles. The van der Waals surface area contributed by atoms with E-state index in [0.717, 1.165) is 16.9 Å². The number of carbonyl (C=O) groups is 2. The number of carbonyl (C=O) groups excluding carboxylic acids is 2. The summed E-state index contributed by atoms with van der Waals surface area (Å²) in [5, 5.41) is 5.76. The molecule has 0 unspecified atom stereocenters. The minimum atomic E-state index is -0.256. The number of hydrogen-bond acceptors (Lipinski definition) is 4. The average molecular weight is 409 g/mol. The van der Waals surface area contributed by atoms with E-state index in [1.807, 2.05) is 49.7 Å². The van der Waals surface area contributed by atoms with Gasteiger partial charge < -0.3 is 24.8 Å². The number of imidazole rings is 1. The number of nitrogens with zero attached hydrogens (tertiary/aromatic N) is 3. The lowest BCUT2D eigenvalue weighted by Gasteiger charge is -2.19. The van der Waals surface area contributed by atoms with Crippen molar-refractivity contribution in [1.82, 2.24) is 19.8 Å². The highest BCUT2D eigenvalue weighted by Gasteiger charge is 2.16. The van der Waals surface area contributed by atoms with Crippen molar-refractivity contribution >= 4 is 28.7 Å². The quantitative estimate of drug-likeness (QED) is 0.653. The normalized spacial score (nSPS) is 10.9. The van der Waals surface area contributed by atoms with Crippen LogP contribution in [0.1, 0.15) is 30.0 Å². The number of amides is 3. The first-order valence-electron chi connectivity index (χ1n) is 9.71. The van der Waals surface area contributed by atoms with Crippen LogP contribution in [0.2, 0.25) is 0 Å². The van der Waals surface area contributed by atoms with Gasteiger partial charge in [-0.2, -0.15) is 0 Å². The molecule has 3 amide bonds. The Labute approximate surface area is 175 Å². The maximum Gasteiger partial charge on any atom is 0.317 e. The van der Waals surface area contributed by atoms with Gasteiger partial charge in [0.15, 0.2) is 0 Å². The number of para-hydroxylation sites is 1. The summed E-state index contributed by atoms with van der Waals surface area (Å²) in [6.45, 7) is 4.20. The van der Waals surface area contributed by atoms with Gasteiger partial charge in [0.25, 0.3) is 5.91 Å². The van der Waals surface area contributed by atoms with Crippen molar-refractivity contribution < 1.29 is 14.3 Å². The van der Waals surface area contributed by atoms with Crippen LogP contribution in [0, 0.1) is 0 Å². The van der Waals surface area contributed by atoms with Crippen molar-refractivity contribution in [3.63, 3.8) is 0 Å². The maximum atomic E-state index is 12.6. The van der Waals surface area contributed by atoms with Crippen LogP contribution in [0.3, 0.4) is 0 Å². The molecule has 0 radical (unpaired) electrons. The number of methoxy groups -OCH3 is 1. The van der Waals surface area contributed by atoms with E-state index in [1.165, 1.54) is 7.11 Å². The molecule has 1 heterocycles. The van der Waals surface area contributed by atoms with Crippen LogP contribution in [0.4, 0.5) is 10.5 Å². The number of fused-ring (bicyclic) bond motifs is 1. The summed E-state index contributed by atoms with van der Waals surface area (Å²) in [5.74, 6) is 1.01. The van der Waals surface area contributed by atoms with E-state index in [-0.39, 0.29) is 18.0 Å². The van der Waals surface area contributed by atoms with Gasteiger partial charge in [-0.1, -0.05) is 12.1 Å². The van der Waals surface area contributed by atoms with Crippen molar-refractivity contribution in [3.05, 3.63) is 53.9 Å². The molecule has 158 valence electrons. The Bertz CT molecular complexity index is 1070. The van der Waals surface area contributed by atoms with Gasteiger partial charge in [0, 0.05) is 25.8 Å². The smallest absolute Gasteiger partial charge is 0.317 e. The number of aryl methyl sites for hydroxylation is 1. The third-order valence-electron chi connectivity index (χ3n) is 4.72. The van der Waals surface area contributed by atoms with Gasteiger partial charge in [-0.3, -0.25) is 4.79 Å². The standard InChI is InChI=1S/C22H27N5O3/c1-14(2)23-22(29)26(3)13-20-25-17-12-15(10-11-18(17)27(20)4)24-21(28)16-8-6-7-9-19(16)30-5/h6-12,14H,13H2,1-5H3,(H,23,29)(H,24,28).